The van der Waals surface area contributed by atoms with Crippen LogP contribution in [0.1, 0.15) is 23.7 Å². The molecule has 5 heteroatoms. The lowest BCUT2D eigenvalue weighted by atomic mass is 10.0. The number of halogens is 1. The van der Waals surface area contributed by atoms with Crippen LogP contribution in [0, 0.1) is 0 Å². The summed E-state index contributed by atoms with van der Waals surface area (Å²) < 4.78 is 0. The van der Waals surface area contributed by atoms with Gasteiger partial charge >= 0.3 is 0 Å². The number of Topliss-reactive ketones (excluding diaryl/α,β-unsaturated/α-hetero) is 1. The molecule has 0 fully saturated rings. The van der Waals surface area contributed by atoms with Gasteiger partial charge in [0.25, 0.3) is 0 Å². The summed E-state index contributed by atoms with van der Waals surface area (Å²) in [6.07, 6.45) is 0.671. The van der Waals surface area contributed by atoms with Crippen molar-refractivity contribution in [2.24, 2.45) is 0 Å². The van der Waals surface area contributed by atoms with Crippen molar-refractivity contribution in [1.82, 2.24) is 4.98 Å². The van der Waals surface area contributed by atoms with Crippen LogP contribution >= 0.6 is 15.9 Å². The van der Waals surface area contributed by atoms with E-state index in [0.29, 0.717) is 22.9 Å². The molecule has 1 aromatic carbocycles. The van der Waals surface area contributed by atoms with Gasteiger partial charge in [0.05, 0.1) is 10.3 Å². The van der Waals surface area contributed by atoms with Crippen molar-refractivity contribution < 1.29 is 9.90 Å². The van der Waals surface area contributed by atoms with E-state index >= 15 is 0 Å². The Morgan fingerprint density at radius 2 is 2.11 bits per heavy atom. The fourth-order valence-corrected chi connectivity index (χ4v) is 2.05. The van der Waals surface area contributed by atoms with Gasteiger partial charge in [-0.3, -0.25) is 9.59 Å². The summed E-state index contributed by atoms with van der Waals surface area (Å²) >= 11 is 3.31. The molecular weight excluding hydrogens is 298 g/mol. The monoisotopic (exact) mass is 309 g/mol. The number of alkyl halides is 1. The number of hydrogen-bond donors (Lipinski definition) is 2. The molecule has 2 rings (SSSR count). The number of fused-ring (bicyclic) bond motifs is 1. The predicted octanol–water partition coefficient (Wildman–Crippen LogP) is 2.59. The van der Waals surface area contributed by atoms with Crippen LogP contribution in [0.2, 0.25) is 0 Å². The van der Waals surface area contributed by atoms with Gasteiger partial charge in [0.2, 0.25) is 5.56 Å². The standard InChI is InChI=1S/C13H12BrNO3/c1-2-9(14)13(18)8-3-5-10(16)12-7(8)4-6-11(17)15-12/h3-6,9,16H,2H2,1H3,(H,15,17)/t9-/m1/s1. The number of rotatable bonds is 3. The Kier molecular flexibility index (Phi) is 3.52. The maximum Gasteiger partial charge on any atom is 0.248 e. The SMILES string of the molecule is CC[C@@H](Br)C(=O)c1ccc(O)c2[nH]c(=O)ccc12. The van der Waals surface area contributed by atoms with Gasteiger partial charge in [-0.1, -0.05) is 22.9 Å². The molecule has 0 unspecified atom stereocenters. The fraction of sp³-hybridized carbons (Fsp3) is 0.231. The zero-order chi connectivity index (χ0) is 13.3. The molecule has 18 heavy (non-hydrogen) atoms. The van der Waals surface area contributed by atoms with Crippen LogP contribution in [0.3, 0.4) is 0 Å². The van der Waals surface area contributed by atoms with Crippen molar-refractivity contribution in [2.45, 2.75) is 18.2 Å². The molecule has 1 heterocycles. The number of carbonyl (C=O) groups is 1. The molecule has 2 N–H and O–H groups in total. The van der Waals surface area contributed by atoms with Crippen molar-refractivity contribution in [1.29, 1.82) is 0 Å². The van der Waals surface area contributed by atoms with Gasteiger partial charge in [0, 0.05) is 17.0 Å². The van der Waals surface area contributed by atoms with Gasteiger partial charge in [-0.25, -0.2) is 0 Å². The number of carbonyl (C=O) groups excluding carboxylic acids is 1. The number of phenolic OH excluding ortho intramolecular Hbond substituents is 1. The number of H-pyrrole nitrogens is 1. The number of benzene rings is 1. The van der Waals surface area contributed by atoms with Crippen LogP contribution in [0.15, 0.2) is 29.1 Å². The van der Waals surface area contributed by atoms with Crippen molar-refractivity contribution in [3.05, 3.63) is 40.2 Å². The number of nitrogens with one attached hydrogen (secondary N) is 1. The van der Waals surface area contributed by atoms with Gasteiger partial charge < -0.3 is 10.1 Å². The van der Waals surface area contributed by atoms with E-state index in [1.807, 2.05) is 6.92 Å². The topological polar surface area (TPSA) is 70.2 Å². The molecule has 0 aliphatic rings. The summed E-state index contributed by atoms with van der Waals surface area (Å²) in [7, 11) is 0. The third kappa shape index (κ3) is 2.18. The number of ketones is 1. The molecular formula is C13H12BrNO3. The first kappa shape index (κ1) is 12.8. The third-order valence-corrected chi connectivity index (χ3v) is 3.84. The lowest BCUT2D eigenvalue weighted by Crippen LogP contribution is -2.14. The summed E-state index contributed by atoms with van der Waals surface area (Å²) in [5, 5.41) is 10.3. The molecule has 0 amide bonds. The van der Waals surface area contributed by atoms with Gasteiger partial charge in [0.1, 0.15) is 5.75 Å². The second-order valence-electron chi connectivity index (χ2n) is 3.98. The molecule has 0 saturated carbocycles. The molecule has 0 aliphatic carbocycles. The Hall–Kier alpha value is -1.62. The van der Waals surface area contributed by atoms with Crippen molar-refractivity contribution in [2.75, 3.05) is 0 Å². The zero-order valence-corrected chi connectivity index (χ0v) is 11.3. The molecule has 2 aromatic rings. The van der Waals surface area contributed by atoms with E-state index in [1.165, 1.54) is 12.1 Å². The maximum atomic E-state index is 12.2. The lowest BCUT2D eigenvalue weighted by molar-refractivity contribution is 0.0992. The Morgan fingerprint density at radius 3 is 2.78 bits per heavy atom. The third-order valence-electron chi connectivity index (χ3n) is 2.78. The molecule has 1 aromatic heterocycles. The zero-order valence-electron chi connectivity index (χ0n) is 9.74. The number of aromatic amines is 1. The van der Waals surface area contributed by atoms with Gasteiger partial charge in [-0.2, -0.15) is 0 Å². The van der Waals surface area contributed by atoms with Crippen LogP contribution in [0.5, 0.6) is 5.75 Å². The maximum absolute atomic E-state index is 12.2. The summed E-state index contributed by atoms with van der Waals surface area (Å²) in [6, 6.07) is 5.88. The van der Waals surface area contributed by atoms with E-state index in [4.69, 9.17) is 0 Å². The number of hydrogen-bond acceptors (Lipinski definition) is 3. The van der Waals surface area contributed by atoms with Crippen molar-refractivity contribution >= 4 is 32.6 Å². The number of phenols is 1. The Labute approximate surface area is 112 Å². The first-order valence-corrected chi connectivity index (χ1v) is 6.49. The van der Waals surface area contributed by atoms with Gasteiger partial charge in [0.15, 0.2) is 5.78 Å². The normalized spacial score (nSPS) is 12.6. The van der Waals surface area contributed by atoms with E-state index in [1.54, 1.807) is 12.1 Å². The Morgan fingerprint density at radius 1 is 1.39 bits per heavy atom. The summed E-state index contributed by atoms with van der Waals surface area (Å²) in [5.41, 5.74) is 0.472. The predicted molar refractivity (Wildman–Crippen MR) is 73.6 cm³/mol. The van der Waals surface area contributed by atoms with Gasteiger partial charge in [-0.05, 0) is 24.6 Å². The van der Waals surface area contributed by atoms with Crippen LogP contribution in [0.4, 0.5) is 0 Å². The highest BCUT2D eigenvalue weighted by atomic mass is 79.9. The number of aromatic nitrogens is 1. The van der Waals surface area contributed by atoms with Crippen LogP contribution in [-0.4, -0.2) is 20.7 Å². The summed E-state index contributed by atoms with van der Waals surface area (Å²) in [4.78, 5) is 25.7. The van der Waals surface area contributed by atoms with Crippen molar-refractivity contribution in [3.63, 3.8) is 0 Å². The van der Waals surface area contributed by atoms with Crippen LogP contribution in [-0.2, 0) is 0 Å². The number of aromatic hydroxyl groups is 1. The second-order valence-corrected chi connectivity index (χ2v) is 5.09. The van der Waals surface area contributed by atoms with E-state index in [2.05, 4.69) is 20.9 Å². The fourth-order valence-electron chi connectivity index (χ4n) is 1.81. The quantitative estimate of drug-likeness (QED) is 0.676. The Balaban J connectivity index is 2.70. The van der Waals surface area contributed by atoms with E-state index in [-0.39, 0.29) is 21.9 Å². The summed E-state index contributed by atoms with van der Waals surface area (Å²) in [5.74, 6) is -0.101. The molecule has 0 radical (unpaired) electrons. The average molecular weight is 310 g/mol. The minimum atomic E-state index is -0.312. The largest absolute Gasteiger partial charge is 0.506 e. The molecule has 0 saturated heterocycles. The molecule has 4 nitrogen and oxygen atoms in total. The van der Waals surface area contributed by atoms with Crippen molar-refractivity contribution in [3.8, 4) is 5.75 Å². The number of pyridine rings is 1. The van der Waals surface area contributed by atoms with Gasteiger partial charge in [-0.15, -0.1) is 0 Å². The van der Waals surface area contributed by atoms with Crippen LogP contribution < -0.4 is 5.56 Å². The first-order chi connectivity index (χ1) is 8.54. The first-order valence-electron chi connectivity index (χ1n) is 5.58. The highest BCUT2D eigenvalue weighted by Crippen LogP contribution is 2.27. The minimum Gasteiger partial charge on any atom is -0.506 e. The second kappa shape index (κ2) is 4.94. The lowest BCUT2D eigenvalue weighted by Gasteiger charge is -2.09. The Bertz CT molecular complexity index is 663. The molecule has 0 bridgehead atoms. The molecule has 94 valence electrons. The highest BCUT2D eigenvalue weighted by molar-refractivity contribution is 9.10. The van der Waals surface area contributed by atoms with E-state index in [9.17, 15) is 14.7 Å². The molecule has 1 atom stereocenters. The summed E-state index contributed by atoms with van der Waals surface area (Å²) in [6.45, 7) is 1.90. The smallest absolute Gasteiger partial charge is 0.248 e. The molecule has 0 spiro atoms. The molecule has 0 aliphatic heterocycles. The average Bonchev–Trinajstić information content (AvgIpc) is 2.38. The highest BCUT2D eigenvalue weighted by Gasteiger charge is 2.18. The van der Waals surface area contributed by atoms with E-state index < -0.39 is 0 Å². The van der Waals surface area contributed by atoms with Crippen LogP contribution in [0.25, 0.3) is 10.9 Å². The minimum absolute atomic E-state index is 0.0399. The van der Waals surface area contributed by atoms with E-state index in [0.717, 1.165) is 0 Å².